The number of carbonyl (C=O) groups excluding carboxylic acids is 1. The van der Waals surface area contributed by atoms with Crippen LogP contribution in [0, 0.1) is 5.92 Å². The van der Waals surface area contributed by atoms with Gasteiger partial charge in [-0.3, -0.25) is 4.79 Å². The molecule has 1 aromatic rings. The molecule has 0 radical (unpaired) electrons. The number of amides is 1. The number of nitrogens with zero attached hydrogens (tertiary/aromatic N) is 1. The zero-order chi connectivity index (χ0) is 14.7. The third kappa shape index (κ3) is 2.65. The van der Waals surface area contributed by atoms with E-state index in [9.17, 15) is 4.79 Å². The fourth-order valence-electron chi connectivity index (χ4n) is 2.42. The average molecular weight is 280 g/mol. The van der Waals surface area contributed by atoms with E-state index in [0.29, 0.717) is 35.8 Å². The Bertz CT molecular complexity index is 504. The molecule has 0 aliphatic carbocycles. The van der Waals surface area contributed by atoms with Crippen molar-refractivity contribution in [2.75, 3.05) is 39.6 Å². The van der Waals surface area contributed by atoms with Crippen molar-refractivity contribution >= 4 is 11.6 Å². The number of nitrogen functional groups attached to an aromatic ring is 1. The van der Waals surface area contributed by atoms with E-state index in [4.69, 9.17) is 20.3 Å². The van der Waals surface area contributed by atoms with Gasteiger partial charge in [0.15, 0.2) is 11.5 Å². The number of rotatable bonds is 4. The first-order chi connectivity index (χ1) is 9.60. The quantitative estimate of drug-likeness (QED) is 0.795. The fourth-order valence-corrected chi connectivity index (χ4v) is 2.42. The van der Waals surface area contributed by atoms with Gasteiger partial charge in [0, 0.05) is 37.4 Å². The van der Waals surface area contributed by atoms with Gasteiger partial charge in [-0.1, -0.05) is 0 Å². The van der Waals surface area contributed by atoms with Gasteiger partial charge in [-0.05, 0) is 12.5 Å². The Morgan fingerprint density at radius 1 is 1.40 bits per heavy atom. The molecule has 6 nitrogen and oxygen atoms in total. The van der Waals surface area contributed by atoms with E-state index in [1.807, 2.05) is 0 Å². The van der Waals surface area contributed by atoms with Crippen LogP contribution in [0.5, 0.6) is 11.5 Å². The second-order valence-electron chi connectivity index (χ2n) is 4.88. The standard InChI is InChI=1S/C14H20N2O4/c1-19-12-5-10(11(15)6-13(12)20-2)14(18)16-4-3-9(7-16)8-17/h5-6,9,17H,3-4,7-8,15H2,1-2H3. The molecule has 1 fully saturated rings. The largest absolute Gasteiger partial charge is 0.493 e. The second kappa shape index (κ2) is 6.00. The van der Waals surface area contributed by atoms with E-state index in [1.54, 1.807) is 17.0 Å². The number of hydrogen-bond donors (Lipinski definition) is 2. The van der Waals surface area contributed by atoms with Crippen LogP contribution in [-0.4, -0.2) is 49.8 Å². The number of ether oxygens (including phenoxy) is 2. The van der Waals surface area contributed by atoms with Crippen molar-refractivity contribution in [2.45, 2.75) is 6.42 Å². The summed E-state index contributed by atoms with van der Waals surface area (Å²) in [5.74, 6) is 0.985. The number of benzene rings is 1. The number of aliphatic hydroxyl groups excluding tert-OH is 1. The van der Waals surface area contributed by atoms with Gasteiger partial charge in [0.25, 0.3) is 5.91 Å². The van der Waals surface area contributed by atoms with Gasteiger partial charge in [-0.2, -0.15) is 0 Å². The van der Waals surface area contributed by atoms with Crippen LogP contribution in [-0.2, 0) is 0 Å². The summed E-state index contributed by atoms with van der Waals surface area (Å²) in [4.78, 5) is 14.2. The highest BCUT2D eigenvalue weighted by molar-refractivity contribution is 6.00. The van der Waals surface area contributed by atoms with Gasteiger partial charge in [0.1, 0.15) is 0 Å². The molecule has 20 heavy (non-hydrogen) atoms. The molecule has 1 aliphatic heterocycles. The van der Waals surface area contributed by atoms with Gasteiger partial charge in [-0.15, -0.1) is 0 Å². The normalized spacial score (nSPS) is 18.1. The Morgan fingerprint density at radius 3 is 2.60 bits per heavy atom. The predicted octanol–water partition coefficient (Wildman–Crippen LogP) is 0.740. The van der Waals surface area contributed by atoms with Crippen LogP contribution in [0.4, 0.5) is 5.69 Å². The van der Waals surface area contributed by atoms with E-state index in [-0.39, 0.29) is 18.4 Å². The Hall–Kier alpha value is -1.95. The smallest absolute Gasteiger partial charge is 0.256 e. The first-order valence-corrected chi connectivity index (χ1v) is 6.52. The van der Waals surface area contributed by atoms with Crippen molar-refractivity contribution in [3.05, 3.63) is 17.7 Å². The summed E-state index contributed by atoms with van der Waals surface area (Å²) in [5.41, 5.74) is 6.69. The molecule has 0 saturated carbocycles. The third-order valence-corrected chi connectivity index (χ3v) is 3.62. The van der Waals surface area contributed by atoms with Crippen LogP contribution >= 0.6 is 0 Å². The van der Waals surface area contributed by atoms with Crippen molar-refractivity contribution < 1.29 is 19.4 Å². The maximum absolute atomic E-state index is 12.5. The lowest BCUT2D eigenvalue weighted by atomic mass is 10.1. The highest BCUT2D eigenvalue weighted by Crippen LogP contribution is 2.33. The van der Waals surface area contributed by atoms with Crippen molar-refractivity contribution in [3.8, 4) is 11.5 Å². The van der Waals surface area contributed by atoms with Gasteiger partial charge in [-0.25, -0.2) is 0 Å². The van der Waals surface area contributed by atoms with Gasteiger partial charge < -0.3 is 25.2 Å². The van der Waals surface area contributed by atoms with E-state index in [0.717, 1.165) is 6.42 Å². The average Bonchev–Trinajstić information content (AvgIpc) is 2.95. The van der Waals surface area contributed by atoms with Crippen LogP contribution in [0.3, 0.4) is 0 Å². The lowest BCUT2D eigenvalue weighted by molar-refractivity contribution is 0.0782. The summed E-state index contributed by atoms with van der Waals surface area (Å²) in [6.45, 7) is 1.30. The van der Waals surface area contributed by atoms with E-state index >= 15 is 0 Å². The first-order valence-electron chi connectivity index (χ1n) is 6.52. The zero-order valence-electron chi connectivity index (χ0n) is 11.8. The minimum absolute atomic E-state index is 0.102. The molecule has 1 amide bonds. The lowest BCUT2D eigenvalue weighted by Crippen LogP contribution is -2.29. The third-order valence-electron chi connectivity index (χ3n) is 3.62. The summed E-state index contributed by atoms with van der Waals surface area (Å²) in [5, 5.41) is 9.14. The summed E-state index contributed by atoms with van der Waals surface area (Å²) in [6.07, 6.45) is 0.815. The number of hydrogen-bond acceptors (Lipinski definition) is 5. The van der Waals surface area contributed by atoms with Gasteiger partial charge in [0.05, 0.1) is 19.8 Å². The molecule has 0 spiro atoms. The number of carbonyl (C=O) groups is 1. The van der Waals surface area contributed by atoms with E-state index in [2.05, 4.69) is 0 Å². The van der Waals surface area contributed by atoms with Gasteiger partial charge >= 0.3 is 0 Å². The Kier molecular flexibility index (Phi) is 4.34. The molecular weight excluding hydrogens is 260 g/mol. The summed E-state index contributed by atoms with van der Waals surface area (Å²) in [6, 6.07) is 3.19. The van der Waals surface area contributed by atoms with Crippen molar-refractivity contribution in [3.63, 3.8) is 0 Å². The predicted molar refractivity (Wildman–Crippen MR) is 75.1 cm³/mol. The number of methoxy groups -OCH3 is 2. The fraction of sp³-hybridized carbons (Fsp3) is 0.500. The van der Waals surface area contributed by atoms with E-state index < -0.39 is 0 Å². The first kappa shape index (κ1) is 14.5. The SMILES string of the molecule is COc1cc(N)c(C(=O)N2CCC(CO)C2)cc1OC. The van der Waals surface area contributed by atoms with Crippen LogP contribution in [0.15, 0.2) is 12.1 Å². The van der Waals surface area contributed by atoms with E-state index in [1.165, 1.54) is 14.2 Å². The number of anilines is 1. The summed E-state index contributed by atoms with van der Waals surface area (Å²) < 4.78 is 10.3. The van der Waals surface area contributed by atoms with Crippen molar-refractivity contribution in [2.24, 2.45) is 5.92 Å². The molecule has 1 saturated heterocycles. The summed E-state index contributed by atoms with van der Waals surface area (Å²) >= 11 is 0. The molecule has 0 bridgehead atoms. The number of nitrogens with two attached hydrogens (primary N) is 1. The molecule has 110 valence electrons. The van der Waals surface area contributed by atoms with Crippen LogP contribution in [0.25, 0.3) is 0 Å². The molecular formula is C14H20N2O4. The second-order valence-corrected chi connectivity index (χ2v) is 4.88. The summed E-state index contributed by atoms with van der Waals surface area (Å²) in [7, 11) is 3.03. The minimum atomic E-state index is -0.139. The molecule has 2 rings (SSSR count). The molecule has 1 aliphatic rings. The molecule has 0 aromatic heterocycles. The van der Waals surface area contributed by atoms with Gasteiger partial charge in [0.2, 0.25) is 0 Å². The number of likely N-dealkylation sites (tertiary alicyclic amines) is 1. The highest BCUT2D eigenvalue weighted by Gasteiger charge is 2.28. The molecule has 6 heteroatoms. The highest BCUT2D eigenvalue weighted by atomic mass is 16.5. The van der Waals surface area contributed by atoms with Crippen LogP contribution < -0.4 is 15.2 Å². The Labute approximate surface area is 118 Å². The molecule has 1 heterocycles. The Morgan fingerprint density at radius 2 is 2.05 bits per heavy atom. The van der Waals surface area contributed by atoms with Crippen molar-refractivity contribution in [1.29, 1.82) is 0 Å². The minimum Gasteiger partial charge on any atom is -0.493 e. The zero-order valence-corrected chi connectivity index (χ0v) is 11.8. The monoisotopic (exact) mass is 280 g/mol. The molecule has 1 atom stereocenters. The van der Waals surface area contributed by atoms with Crippen LogP contribution in [0.2, 0.25) is 0 Å². The van der Waals surface area contributed by atoms with Crippen LogP contribution in [0.1, 0.15) is 16.8 Å². The number of aliphatic hydroxyl groups is 1. The maximum atomic E-state index is 12.5. The maximum Gasteiger partial charge on any atom is 0.256 e. The molecule has 3 N–H and O–H groups in total. The molecule has 1 unspecified atom stereocenters. The lowest BCUT2D eigenvalue weighted by Gasteiger charge is -2.18. The molecule has 1 aromatic carbocycles. The Balaban J connectivity index is 2.26. The topological polar surface area (TPSA) is 85.0 Å². The van der Waals surface area contributed by atoms with Crippen molar-refractivity contribution in [1.82, 2.24) is 4.90 Å².